The number of hydrogen-bond acceptors (Lipinski definition) is 6. The molecule has 148 valence electrons. The van der Waals surface area contributed by atoms with Gasteiger partial charge in [0.05, 0.1) is 6.20 Å². The molecule has 0 atom stereocenters. The van der Waals surface area contributed by atoms with E-state index in [0.29, 0.717) is 11.9 Å². The fourth-order valence-corrected chi connectivity index (χ4v) is 3.35. The minimum absolute atomic E-state index is 0.430. The van der Waals surface area contributed by atoms with Crippen LogP contribution in [-0.4, -0.2) is 39.1 Å². The lowest BCUT2D eigenvalue weighted by Crippen LogP contribution is -2.28. The first-order valence-electron chi connectivity index (χ1n) is 9.79. The molecule has 7 heteroatoms. The summed E-state index contributed by atoms with van der Waals surface area (Å²) in [4.78, 5) is 9.45. The molecule has 3 aromatic rings. The Labute approximate surface area is 170 Å². The standard InChI is InChI=1S/C22H25N7/c1-24-11-17(10-23)20-13-25-21(28-22(20)27-19-7-4-8-19)16-6-3-5-15(9-16)18-12-26-29(2)14-18/h3,5-6,9-14,19,23-24H,4,7-8H2,1-2H3,(H,25,27,28)/b17-11+,23-10?. The van der Waals surface area contributed by atoms with E-state index in [1.54, 1.807) is 17.1 Å². The van der Waals surface area contributed by atoms with Crippen molar-refractivity contribution in [3.63, 3.8) is 0 Å². The Bertz CT molecular complexity index is 1050. The zero-order valence-corrected chi connectivity index (χ0v) is 16.7. The summed E-state index contributed by atoms with van der Waals surface area (Å²) < 4.78 is 1.79. The van der Waals surface area contributed by atoms with Crippen LogP contribution in [0, 0.1) is 5.41 Å². The highest BCUT2D eigenvalue weighted by atomic mass is 15.2. The number of hydrogen-bond donors (Lipinski definition) is 3. The van der Waals surface area contributed by atoms with E-state index in [0.717, 1.165) is 46.5 Å². The van der Waals surface area contributed by atoms with Crippen molar-refractivity contribution in [2.24, 2.45) is 7.05 Å². The van der Waals surface area contributed by atoms with Gasteiger partial charge in [0.2, 0.25) is 0 Å². The SMILES string of the molecule is CN/C=C(\C=N)c1cnc(-c2cccc(-c3cnn(C)c3)c2)nc1NC1CCC1. The first-order valence-corrected chi connectivity index (χ1v) is 9.79. The number of aryl methyl sites for hydroxylation is 1. The van der Waals surface area contributed by atoms with E-state index in [9.17, 15) is 0 Å². The van der Waals surface area contributed by atoms with Crippen molar-refractivity contribution in [1.29, 1.82) is 5.41 Å². The van der Waals surface area contributed by atoms with Crippen molar-refractivity contribution in [3.8, 4) is 22.5 Å². The van der Waals surface area contributed by atoms with Gasteiger partial charge in [-0.15, -0.1) is 0 Å². The summed E-state index contributed by atoms with van der Waals surface area (Å²) in [7, 11) is 3.73. The van der Waals surface area contributed by atoms with Gasteiger partial charge < -0.3 is 16.0 Å². The molecular formula is C22H25N7. The minimum atomic E-state index is 0.430. The lowest BCUT2D eigenvalue weighted by molar-refractivity contribution is 0.444. The van der Waals surface area contributed by atoms with E-state index in [1.807, 2.05) is 38.6 Å². The second-order valence-corrected chi connectivity index (χ2v) is 7.24. The third-order valence-electron chi connectivity index (χ3n) is 5.16. The zero-order chi connectivity index (χ0) is 20.2. The molecule has 2 heterocycles. The van der Waals surface area contributed by atoms with Crippen LogP contribution in [0.3, 0.4) is 0 Å². The second kappa shape index (κ2) is 8.26. The topological polar surface area (TPSA) is 91.5 Å². The molecule has 0 spiro atoms. The van der Waals surface area contributed by atoms with E-state index in [-0.39, 0.29) is 0 Å². The summed E-state index contributed by atoms with van der Waals surface area (Å²) in [6.07, 6.45) is 12.3. The Morgan fingerprint density at radius 1 is 1.21 bits per heavy atom. The molecule has 0 unspecified atom stereocenters. The summed E-state index contributed by atoms with van der Waals surface area (Å²) >= 11 is 0. The predicted molar refractivity (Wildman–Crippen MR) is 117 cm³/mol. The first-order chi connectivity index (χ1) is 14.2. The summed E-state index contributed by atoms with van der Waals surface area (Å²) in [6, 6.07) is 8.60. The van der Waals surface area contributed by atoms with Gasteiger partial charge >= 0.3 is 0 Å². The summed E-state index contributed by atoms with van der Waals surface area (Å²) in [5, 5.41) is 18.6. The quantitative estimate of drug-likeness (QED) is 0.538. The highest BCUT2D eigenvalue weighted by molar-refractivity contribution is 6.10. The molecule has 1 saturated carbocycles. The number of nitrogens with zero attached hydrogens (tertiary/aromatic N) is 4. The van der Waals surface area contributed by atoms with Gasteiger partial charge in [0.1, 0.15) is 5.82 Å². The van der Waals surface area contributed by atoms with Gasteiger partial charge in [-0.05, 0) is 30.9 Å². The average molecular weight is 387 g/mol. The van der Waals surface area contributed by atoms with Crippen LogP contribution in [0.5, 0.6) is 0 Å². The van der Waals surface area contributed by atoms with Gasteiger partial charge in [0.15, 0.2) is 5.82 Å². The molecule has 4 rings (SSSR count). The monoisotopic (exact) mass is 387 g/mol. The number of rotatable bonds is 7. The lowest BCUT2D eigenvalue weighted by Gasteiger charge is -2.28. The molecule has 0 radical (unpaired) electrons. The number of aromatic nitrogens is 4. The van der Waals surface area contributed by atoms with Crippen molar-refractivity contribution in [2.45, 2.75) is 25.3 Å². The maximum absolute atomic E-state index is 7.76. The molecule has 0 aliphatic heterocycles. The Morgan fingerprint density at radius 3 is 2.69 bits per heavy atom. The number of allylic oxidation sites excluding steroid dienone is 1. The Kier molecular flexibility index (Phi) is 5.37. The molecule has 1 aromatic carbocycles. The van der Waals surface area contributed by atoms with E-state index >= 15 is 0 Å². The van der Waals surface area contributed by atoms with Gasteiger partial charge in [0.25, 0.3) is 0 Å². The van der Waals surface area contributed by atoms with Gasteiger partial charge in [-0.2, -0.15) is 5.10 Å². The van der Waals surface area contributed by atoms with Crippen LogP contribution in [0.25, 0.3) is 28.1 Å². The molecule has 29 heavy (non-hydrogen) atoms. The van der Waals surface area contributed by atoms with Crippen LogP contribution in [0.4, 0.5) is 5.82 Å². The third-order valence-corrected chi connectivity index (χ3v) is 5.16. The van der Waals surface area contributed by atoms with Crippen LogP contribution in [0.15, 0.2) is 49.1 Å². The highest BCUT2D eigenvalue weighted by Crippen LogP contribution is 2.30. The van der Waals surface area contributed by atoms with E-state index in [1.165, 1.54) is 12.6 Å². The highest BCUT2D eigenvalue weighted by Gasteiger charge is 2.20. The Morgan fingerprint density at radius 2 is 2.03 bits per heavy atom. The Balaban J connectivity index is 1.73. The molecule has 1 fully saturated rings. The van der Waals surface area contributed by atoms with Gasteiger partial charge in [-0.3, -0.25) is 4.68 Å². The van der Waals surface area contributed by atoms with E-state index in [4.69, 9.17) is 10.4 Å². The van der Waals surface area contributed by atoms with Crippen LogP contribution >= 0.6 is 0 Å². The molecule has 2 aromatic heterocycles. The lowest BCUT2D eigenvalue weighted by atomic mass is 9.93. The maximum atomic E-state index is 7.76. The summed E-state index contributed by atoms with van der Waals surface area (Å²) in [6.45, 7) is 0. The number of benzene rings is 1. The van der Waals surface area contributed by atoms with Crippen LogP contribution in [0.1, 0.15) is 24.8 Å². The van der Waals surface area contributed by atoms with Crippen molar-refractivity contribution >= 4 is 17.6 Å². The van der Waals surface area contributed by atoms with Crippen LogP contribution in [-0.2, 0) is 7.05 Å². The van der Waals surface area contributed by atoms with Crippen molar-refractivity contribution in [3.05, 3.63) is 54.6 Å². The largest absolute Gasteiger partial charge is 0.393 e. The molecular weight excluding hydrogens is 362 g/mol. The maximum Gasteiger partial charge on any atom is 0.161 e. The van der Waals surface area contributed by atoms with Gasteiger partial charge in [0, 0.05) is 67.2 Å². The average Bonchev–Trinajstić information content (AvgIpc) is 3.15. The van der Waals surface area contributed by atoms with Crippen molar-refractivity contribution < 1.29 is 0 Å². The minimum Gasteiger partial charge on any atom is -0.393 e. The number of nitrogens with one attached hydrogen (secondary N) is 3. The summed E-state index contributed by atoms with van der Waals surface area (Å²) in [5.41, 5.74) is 4.65. The molecule has 0 bridgehead atoms. The Hall–Kier alpha value is -3.48. The normalized spacial score (nSPS) is 14.3. The molecule has 0 saturated heterocycles. The smallest absolute Gasteiger partial charge is 0.161 e. The van der Waals surface area contributed by atoms with E-state index in [2.05, 4.69) is 32.8 Å². The number of anilines is 1. The predicted octanol–water partition coefficient (Wildman–Crippen LogP) is 3.72. The van der Waals surface area contributed by atoms with E-state index < -0.39 is 0 Å². The molecule has 1 aliphatic carbocycles. The first kappa shape index (κ1) is 18.9. The molecule has 1 aliphatic rings. The molecule has 3 N–H and O–H groups in total. The third kappa shape index (κ3) is 4.03. The second-order valence-electron chi connectivity index (χ2n) is 7.24. The fraction of sp³-hybridized carbons (Fsp3) is 0.273. The van der Waals surface area contributed by atoms with Crippen LogP contribution in [0.2, 0.25) is 0 Å². The van der Waals surface area contributed by atoms with Crippen molar-refractivity contribution in [2.75, 3.05) is 12.4 Å². The van der Waals surface area contributed by atoms with Crippen LogP contribution < -0.4 is 10.6 Å². The fourth-order valence-electron chi connectivity index (χ4n) is 3.35. The molecule has 0 amide bonds. The van der Waals surface area contributed by atoms with Crippen molar-refractivity contribution in [1.82, 2.24) is 25.1 Å². The molecule has 7 nitrogen and oxygen atoms in total. The zero-order valence-electron chi connectivity index (χ0n) is 16.7. The van der Waals surface area contributed by atoms with Gasteiger partial charge in [-0.25, -0.2) is 9.97 Å². The summed E-state index contributed by atoms with van der Waals surface area (Å²) in [5.74, 6) is 1.44. The van der Waals surface area contributed by atoms with Gasteiger partial charge in [-0.1, -0.05) is 18.2 Å².